The highest BCUT2D eigenvalue weighted by molar-refractivity contribution is 5.79. The van der Waals surface area contributed by atoms with Crippen molar-refractivity contribution in [3.8, 4) is 0 Å². The van der Waals surface area contributed by atoms with E-state index in [0.717, 1.165) is 45.2 Å². The van der Waals surface area contributed by atoms with E-state index >= 15 is 0 Å². The minimum absolute atomic E-state index is 0.133. The first kappa shape index (κ1) is 20.7. The molecule has 2 aliphatic rings. The molecular formula is C23H34N2O3. The highest BCUT2D eigenvalue weighted by Gasteiger charge is 2.32. The topological polar surface area (TPSA) is 49.9 Å². The molecule has 154 valence electrons. The smallest absolute Gasteiger partial charge is 0.410 e. The molecule has 0 spiro atoms. The van der Waals surface area contributed by atoms with E-state index in [1.54, 1.807) is 11.9 Å². The summed E-state index contributed by atoms with van der Waals surface area (Å²) < 4.78 is 5.43. The van der Waals surface area contributed by atoms with Crippen molar-refractivity contribution in [1.82, 2.24) is 9.80 Å². The monoisotopic (exact) mass is 386 g/mol. The Bertz CT molecular complexity index is 702. The lowest BCUT2D eigenvalue weighted by Crippen LogP contribution is -2.42. The number of rotatable bonds is 3. The predicted octanol–water partition coefficient (Wildman–Crippen LogP) is 4.24. The Morgan fingerprint density at radius 2 is 1.75 bits per heavy atom. The van der Waals surface area contributed by atoms with Gasteiger partial charge in [0, 0.05) is 32.6 Å². The third-order valence-electron chi connectivity index (χ3n) is 5.88. The molecule has 3 rings (SSSR count). The summed E-state index contributed by atoms with van der Waals surface area (Å²) in [6, 6.07) is 8.44. The molecule has 2 amide bonds. The first-order valence-electron chi connectivity index (χ1n) is 10.5. The van der Waals surface area contributed by atoms with Crippen LogP contribution in [0.5, 0.6) is 0 Å². The first-order chi connectivity index (χ1) is 13.2. The number of carbonyl (C=O) groups is 2. The van der Waals surface area contributed by atoms with E-state index in [9.17, 15) is 9.59 Å². The van der Waals surface area contributed by atoms with Crippen molar-refractivity contribution in [2.75, 3.05) is 20.1 Å². The van der Waals surface area contributed by atoms with Crippen molar-refractivity contribution in [1.29, 1.82) is 0 Å². The van der Waals surface area contributed by atoms with Gasteiger partial charge in [0.1, 0.15) is 5.60 Å². The van der Waals surface area contributed by atoms with Gasteiger partial charge in [-0.25, -0.2) is 4.79 Å². The maximum absolute atomic E-state index is 13.0. The van der Waals surface area contributed by atoms with E-state index in [-0.39, 0.29) is 12.0 Å². The number of ether oxygens (including phenoxy) is 1. The van der Waals surface area contributed by atoms with Gasteiger partial charge >= 0.3 is 6.09 Å². The Kier molecular flexibility index (Phi) is 6.31. The zero-order valence-corrected chi connectivity index (χ0v) is 17.7. The molecule has 1 heterocycles. The summed E-state index contributed by atoms with van der Waals surface area (Å²) in [6.45, 7) is 7.93. The lowest BCUT2D eigenvalue weighted by molar-refractivity contribution is -0.137. The summed E-state index contributed by atoms with van der Waals surface area (Å²) in [4.78, 5) is 28.9. The van der Waals surface area contributed by atoms with Crippen LogP contribution in [-0.2, 0) is 22.5 Å². The summed E-state index contributed by atoms with van der Waals surface area (Å²) in [5.41, 5.74) is 2.19. The lowest BCUT2D eigenvalue weighted by atomic mass is 9.81. The number of hydrogen-bond acceptors (Lipinski definition) is 3. The number of carbonyl (C=O) groups excluding carboxylic acids is 2. The fourth-order valence-corrected chi connectivity index (χ4v) is 4.34. The van der Waals surface area contributed by atoms with Crippen molar-refractivity contribution < 1.29 is 14.3 Å². The Morgan fingerprint density at radius 3 is 2.39 bits per heavy atom. The van der Waals surface area contributed by atoms with Crippen LogP contribution in [0.2, 0.25) is 0 Å². The summed E-state index contributed by atoms with van der Waals surface area (Å²) in [6.07, 6.45) is 4.52. The van der Waals surface area contributed by atoms with Gasteiger partial charge in [-0.3, -0.25) is 4.79 Å². The molecule has 5 heteroatoms. The molecule has 1 aliphatic carbocycles. The molecular weight excluding hydrogens is 352 g/mol. The van der Waals surface area contributed by atoms with E-state index < -0.39 is 5.60 Å². The van der Waals surface area contributed by atoms with Crippen molar-refractivity contribution >= 4 is 12.0 Å². The van der Waals surface area contributed by atoms with Crippen LogP contribution in [0.4, 0.5) is 4.79 Å². The molecule has 1 aliphatic heterocycles. The fraction of sp³-hybridized carbons (Fsp3) is 0.652. The zero-order valence-electron chi connectivity index (χ0n) is 17.7. The normalized spacial score (nSPS) is 22.4. The summed E-state index contributed by atoms with van der Waals surface area (Å²) in [5.74, 6) is 0.894. The van der Waals surface area contributed by atoms with Crippen LogP contribution in [0.1, 0.15) is 57.6 Å². The fourth-order valence-electron chi connectivity index (χ4n) is 4.34. The maximum atomic E-state index is 13.0. The van der Waals surface area contributed by atoms with Crippen molar-refractivity contribution in [3.63, 3.8) is 0 Å². The van der Waals surface area contributed by atoms with Gasteiger partial charge in [-0.05, 0) is 69.9 Å². The molecule has 0 saturated heterocycles. The SMILES string of the molecule is CN(CC1CCC(C(=O)N2CCc3ccccc3C2)CC1)C(=O)OC(C)(C)C. The van der Waals surface area contributed by atoms with Gasteiger partial charge in [0.2, 0.25) is 5.91 Å². The van der Waals surface area contributed by atoms with Crippen molar-refractivity contribution in [2.45, 2.75) is 65.0 Å². The Hall–Kier alpha value is -2.04. The van der Waals surface area contributed by atoms with Gasteiger partial charge < -0.3 is 14.5 Å². The first-order valence-corrected chi connectivity index (χ1v) is 10.5. The minimum atomic E-state index is -0.470. The third-order valence-corrected chi connectivity index (χ3v) is 5.88. The van der Waals surface area contributed by atoms with Gasteiger partial charge in [-0.15, -0.1) is 0 Å². The molecule has 0 atom stereocenters. The van der Waals surface area contributed by atoms with E-state index in [0.29, 0.717) is 18.4 Å². The number of benzene rings is 1. The summed E-state index contributed by atoms with van der Waals surface area (Å²) in [5, 5.41) is 0. The van der Waals surface area contributed by atoms with Crippen LogP contribution in [0.25, 0.3) is 0 Å². The number of nitrogens with zero attached hydrogens (tertiary/aromatic N) is 2. The average molecular weight is 387 g/mol. The molecule has 1 saturated carbocycles. The van der Waals surface area contributed by atoms with Crippen LogP contribution in [0, 0.1) is 11.8 Å². The van der Waals surface area contributed by atoms with Gasteiger partial charge in [-0.2, -0.15) is 0 Å². The molecule has 0 unspecified atom stereocenters. The quantitative estimate of drug-likeness (QED) is 0.780. The minimum Gasteiger partial charge on any atom is -0.444 e. The van der Waals surface area contributed by atoms with Crippen LogP contribution < -0.4 is 0 Å². The average Bonchev–Trinajstić information content (AvgIpc) is 2.66. The second kappa shape index (κ2) is 8.54. The third kappa shape index (κ3) is 5.27. The van der Waals surface area contributed by atoms with E-state index in [4.69, 9.17) is 4.74 Å². The molecule has 1 fully saturated rings. The van der Waals surface area contributed by atoms with Gasteiger partial charge in [0.15, 0.2) is 0 Å². The largest absolute Gasteiger partial charge is 0.444 e. The number of amides is 2. The van der Waals surface area contributed by atoms with E-state index in [2.05, 4.69) is 24.3 Å². The van der Waals surface area contributed by atoms with Crippen molar-refractivity contribution in [2.24, 2.45) is 11.8 Å². The highest BCUT2D eigenvalue weighted by atomic mass is 16.6. The standard InChI is InChI=1S/C23H34N2O3/c1-23(2,3)28-22(27)24(4)15-17-9-11-19(12-10-17)21(26)25-14-13-18-7-5-6-8-20(18)16-25/h5-8,17,19H,9-16H2,1-4H3. The maximum Gasteiger partial charge on any atom is 0.410 e. The molecule has 0 radical (unpaired) electrons. The molecule has 0 N–H and O–H groups in total. The Balaban J connectivity index is 1.46. The van der Waals surface area contributed by atoms with Crippen LogP contribution in [0.3, 0.4) is 0 Å². The van der Waals surface area contributed by atoms with Gasteiger partial charge in [0.05, 0.1) is 0 Å². The highest BCUT2D eigenvalue weighted by Crippen LogP contribution is 2.32. The van der Waals surface area contributed by atoms with Crippen molar-refractivity contribution in [3.05, 3.63) is 35.4 Å². The Labute approximate surface area is 169 Å². The molecule has 1 aromatic rings. The lowest BCUT2D eigenvalue weighted by Gasteiger charge is -2.35. The number of fused-ring (bicyclic) bond motifs is 1. The summed E-state index contributed by atoms with van der Waals surface area (Å²) in [7, 11) is 1.80. The molecule has 1 aromatic carbocycles. The molecule has 0 aromatic heterocycles. The van der Waals surface area contributed by atoms with Crippen LogP contribution >= 0.6 is 0 Å². The van der Waals surface area contributed by atoms with E-state index in [1.807, 2.05) is 25.7 Å². The van der Waals surface area contributed by atoms with Crippen LogP contribution in [-0.4, -0.2) is 47.5 Å². The second-order valence-electron chi connectivity index (χ2n) is 9.36. The zero-order chi connectivity index (χ0) is 20.3. The van der Waals surface area contributed by atoms with E-state index in [1.165, 1.54) is 11.1 Å². The van der Waals surface area contributed by atoms with Crippen LogP contribution in [0.15, 0.2) is 24.3 Å². The predicted molar refractivity (Wildman–Crippen MR) is 110 cm³/mol. The van der Waals surface area contributed by atoms with Gasteiger partial charge in [-0.1, -0.05) is 24.3 Å². The molecule has 5 nitrogen and oxygen atoms in total. The number of hydrogen-bond donors (Lipinski definition) is 0. The van der Waals surface area contributed by atoms with Gasteiger partial charge in [0.25, 0.3) is 0 Å². The summed E-state index contributed by atoms with van der Waals surface area (Å²) >= 11 is 0. The molecule has 0 bridgehead atoms. The Morgan fingerprint density at radius 1 is 1.11 bits per heavy atom. The second-order valence-corrected chi connectivity index (χ2v) is 9.36. The molecule has 28 heavy (non-hydrogen) atoms.